The minimum atomic E-state index is -1.27. The lowest BCUT2D eigenvalue weighted by Crippen LogP contribution is -2.58. The summed E-state index contributed by atoms with van der Waals surface area (Å²) in [7, 11) is 0. The number of carbonyl (C=O) groups is 4. The van der Waals surface area contributed by atoms with E-state index in [1.807, 2.05) is 30.5 Å². The maximum Gasteiger partial charge on any atom is 0.326 e. The SMILES string of the molecule is CSCCC(N)C(=O)NC(Cc1ccc(O)cc1)C(=O)NC(Cc1c[nH]c2ccccc12)C(=O)NC(CCCN=C(N)N)C(=O)O. The van der Waals surface area contributed by atoms with Gasteiger partial charge in [0, 0.05) is 36.5 Å². The molecule has 1 heterocycles. The van der Waals surface area contributed by atoms with E-state index in [1.165, 1.54) is 23.9 Å². The third kappa shape index (κ3) is 11.0. The zero-order valence-electron chi connectivity index (χ0n) is 25.6. The van der Waals surface area contributed by atoms with Gasteiger partial charge in [-0.15, -0.1) is 0 Å². The fourth-order valence-corrected chi connectivity index (χ4v) is 5.26. The number of phenolic OH excluding ortho intramolecular Hbond substituents is 1. The quantitative estimate of drug-likeness (QED) is 0.0516. The van der Waals surface area contributed by atoms with Gasteiger partial charge in [-0.1, -0.05) is 30.3 Å². The second-order valence-electron chi connectivity index (χ2n) is 10.8. The van der Waals surface area contributed by atoms with Gasteiger partial charge < -0.3 is 48.3 Å². The number of aromatic nitrogens is 1. The van der Waals surface area contributed by atoms with Crippen LogP contribution in [0.1, 0.15) is 30.4 Å². The molecule has 0 saturated heterocycles. The van der Waals surface area contributed by atoms with E-state index in [9.17, 15) is 29.4 Å². The summed E-state index contributed by atoms with van der Waals surface area (Å²) in [6.45, 7) is 0.176. The van der Waals surface area contributed by atoms with Crippen LogP contribution in [-0.2, 0) is 32.0 Å². The lowest BCUT2D eigenvalue weighted by molar-refractivity contribution is -0.142. The number of rotatable bonds is 18. The summed E-state index contributed by atoms with van der Waals surface area (Å²) in [4.78, 5) is 59.5. The van der Waals surface area contributed by atoms with Crippen LogP contribution in [0.4, 0.5) is 0 Å². The first-order chi connectivity index (χ1) is 22.0. The molecule has 0 fully saturated rings. The highest BCUT2D eigenvalue weighted by atomic mass is 32.2. The number of para-hydroxylation sites is 1. The number of hydrogen-bond acceptors (Lipinski definition) is 8. The number of benzene rings is 2. The number of fused-ring (bicyclic) bond motifs is 1. The van der Waals surface area contributed by atoms with Gasteiger partial charge in [-0.25, -0.2) is 4.79 Å². The van der Waals surface area contributed by atoms with E-state index < -0.39 is 47.9 Å². The number of nitrogens with one attached hydrogen (secondary N) is 4. The fraction of sp³-hybridized carbons (Fsp3) is 0.387. The van der Waals surface area contributed by atoms with Crippen LogP contribution >= 0.6 is 11.8 Å². The summed E-state index contributed by atoms with van der Waals surface area (Å²) in [6.07, 6.45) is 4.40. The molecule has 0 aliphatic rings. The van der Waals surface area contributed by atoms with E-state index >= 15 is 0 Å². The van der Waals surface area contributed by atoms with Crippen LogP contribution in [0.15, 0.2) is 59.7 Å². The number of carboxylic acids is 1. The molecule has 0 aliphatic carbocycles. The summed E-state index contributed by atoms with van der Waals surface area (Å²) in [6, 6.07) is 9.11. The molecule has 0 spiro atoms. The Hall–Kier alpha value is -4.76. The van der Waals surface area contributed by atoms with Gasteiger partial charge in [-0.3, -0.25) is 19.4 Å². The Labute approximate surface area is 271 Å². The molecule has 4 unspecified atom stereocenters. The molecule has 3 rings (SSSR count). The molecule has 248 valence electrons. The first kappa shape index (κ1) is 35.7. The first-order valence-corrected chi connectivity index (χ1v) is 16.1. The number of nitrogens with two attached hydrogens (primary N) is 3. The van der Waals surface area contributed by atoms with Crippen LogP contribution in [0.3, 0.4) is 0 Å². The highest BCUT2D eigenvalue weighted by Crippen LogP contribution is 2.20. The summed E-state index contributed by atoms with van der Waals surface area (Å²) in [5.41, 5.74) is 18.9. The van der Waals surface area contributed by atoms with Crippen LogP contribution in [0.2, 0.25) is 0 Å². The Morgan fingerprint density at radius 1 is 0.891 bits per heavy atom. The van der Waals surface area contributed by atoms with E-state index in [2.05, 4.69) is 25.9 Å². The van der Waals surface area contributed by atoms with Gasteiger partial charge in [0.05, 0.1) is 6.04 Å². The van der Waals surface area contributed by atoms with Crippen molar-refractivity contribution in [1.82, 2.24) is 20.9 Å². The number of aromatic amines is 1. The number of hydrogen-bond donors (Lipinski definition) is 9. The average molecular weight is 655 g/mol. The summed E-state index contributed by atoms with van der Waals surface area (Å²) >= 11 is 1.54. The standard InChI is InChI=1S/C31H42N8O6S/c1-46-14-12-22(32)27(41)38-25(15-18-8-10-20(40)11-9-18)28(42)39-26(16-19-17-36-23-6-3-2-5-21(19)23)29(43)37-24(30(44)45)7-4-13-35-31(33)34/h2-3,5-6,8-11,17,22,24-26,36,40H,4,7,12-16,32H2,1H3,(H,37,43)(H,38,41)(H,39,42)(H,44,45)(H4,33,34,35). The van der Waals surface area contributed by atoms with Crippen molar-refractivity contribution >= 4 is 52.3 Å². The van der Waals surface area contributed by atoms with Crippen molar-refractivity contribution in [2.75, 3.05) is 18.6 Å². The van der Waals surface area contributed by atoms with Crippen molar-refractivity contribution in [1.29, 1.82) is 0 Å². The first-order valence-electron chi connectivity index (χ1n) is 14.7. The van der Waals surface area contributed by atoms with Crippen LogP contribution in [0.25, 0.3) is 10.9 Å². The van der Waals surface area contributed by atoms with Crippen LogP contribution < -0.4 is 33.2 Å². The molecule has 46 heavy (non-hydrogen) atoms. The van der Waals surface area contributed by atoms with Crippen molar-refractivity contribution in [3.63, 3.8) is 0 Å². The second kappa shape index (κ2) is 17.7. The van der Waals surface area contributed by atoms with Crippen LogP contribution in [0, 0.1) is 0 Å². The minimum absolute atomic E-state index is 0.0229. The van der Waals surface area contributed by atoms with Crippen molar-refractivity contribution in [2.24, 2.45) is 22.2 Å². The minimum Gasteiger partial charge on any atom is -0.508 e. The second-order valence-corrected chi connectivity index (χ2v) is 11.8. The molecule has 2 aromatic carbocycles. The van der Waals surface area contributed by atoms with E-state index in [4.69, 9.17) is 17.2 Å². The predicted octanol–water partition coefficient (Wildman–Crippen LogP) is 0.332. The number of aliphatic carboxylic acids is 1. The highest BCUT2D eigenvalue weighted by molar-refractivity contribution is 7.98. The molecule has 14 nitrogen and oxygen atoms in total. The lowest BCUT2D eigenvalue weighted by Gasteiger charge is -2.25. The smallest absolute Gasteiger partial charge is 0.326 e. The highest BCUT2D eigenvalue weighted by Gasteiger charge is 2.31. The zero-order valence-corrected chi connectivity index (χ0v) is 26.4. The molecule has 4 atom stereocenters. The number of H-pyrrole nitrogens is 1. The van der Waals surface area contributed by atoms with Crippen molar-refractivity contribution in [3.05, 3.63) is 65.9 Å². The maximum atomic E-state index is 13.8. The molecule has 0 radical (unpaired) electrons. The number of thioether (sulfide) groups is 1. The Bertz CT molecular complexity index is 1510. The van der Waals surface area contributed by atoms with Gasteiger partial charge in [0.15, 0.2) is 5.96 Å². The Morgan fingerprint density at radius 3 is 2.17 bits per heavy atom. The molecule has 0 aliphatic heterocycles. The number of amides is 3. The van der Waals surface area contributed by atoms with Crippen molar-refractivity contribution in [2.45, 2.75) is 56.3 Å². The van der Waals surface area contributed by atoms with Gasteiger partial charge in [0.2, 0.25) is 17.7 Å². The topological polar surface area (TPSA) is 251 Å². The average Bonchev–Trinajstić information content (AvgIpc) is 3.43. The molecule has 3 aromatic rings. The molecular formula is C31H42N8O6S. The Morgan fingerprint density at radius 2 is 1.52 bits per heavy atom. The third-order valence-corrected chi connectivity index (χ3v) is 7.91. The van der Waals surface area contributed by atoms with E-state index in [0.29, 0.717) is 23.3 Å². The number of carbonyl (C=O) groups excluding carboxylic acids is 3. The number of aromatic hydroxyl groups is 1. The number of aliphatic imine (C=N–C) groups is 1. The Balaban J connectivity index is 1.88. The molecule has 0 bridgehead atoms. The van der Waals surface area contributed by atoms with Crippen molar-refractivity contribution < 1.29 is 29.4 Å². The zero-order chi connectivity index (χ0) is 33.6. The van der Waals surface area contributed by atoms with E-state index in [-0.39, 0.29) is 43.9 Å². The van der Waals surface area contributed by atoms with Gasteiger partial charge in [0.25, 0.3) is 0 Å². The third-order valence-electron chi connectivity index (χ3n) is 7.27. The summed E-state index contributed by atoms with van der Waals surface area (Å²) < 4.78 is 0. The monoisotopic (exact) mass is 654 g/mol. The van der Waals surface area contributed by atoms with E-state index in [1.54, 1.807) is 18.3 Å². The largest absolute Gasteiger partial charge is 0.508 e. The van der Waals surface area contributed by atoms with Gasteiger partial charge in [-0.05, 0) is 60.6 Å². The molecule has 0 saturated carbocycles. The fourth-order valence-electron chi connectivity index (χ4n) is 4.77. The number of carboxylic acid groups (broad SMARTS) is 1. The van der Waals surface area contributed by atoms with Gasteiger partial charge >= 0.3 is 5.97 Å². The molecular weight excluding hydrogens is 612 g/mol. The molecule has 1 aromatic heterocycles. The molecule has 3 amide bonds. The maximum absolute atomic E-state index is 13.8. The summed E-state index contributed by atoms with van der Waals surface area (Å²) in [5, 5.41) is 28.3. The molecule has 15 heteroatoms. The number of guanidine groups is 1. The normalized spacial score (nSPS) is 13.6. The van der Waals surface area contributed by atoms with E-state index in [0.717, 1.165) is 10.9 Å². The van der Waals surface area contributed by atoms with Gasteiger partial charge in [0.1, 0.15) is 23.9 Å². The Kier molecular flexibility index (Phi) is 13.7. The predicted molar refractivity (Wildman–Crippen MR) is 178 cm³/mol. The van der Waals surface area contributed by atoms with Crippen LogP contribution in [0.5, 0.6) is 5.75 Å². The van der Waals surface area contributed by atoms with Crippen molar-refractivity contribution in [3.8, 4) is 5.75 Å². The van der Waals surface area contributed by atoms with Crippen LogP contribution in [-0.4, -0.2) is 87.6 Å². The van der Waals surface area contributed by atoms with Gasteiger partial charge in [-0.2, -0.15) is 11.8 Å². The summed E-state index contributed by atoms with van der Waals surface area (Å²) in [5.74, 6) is -2.62. The number of phenols is 1. The number of nitrogens with zero attached hydrogens (tertiary/aromatic N) is 1. The lowest BCUT2D eigenvalue weighted by atomic mass is 10.0. The molecule has 12 N–H and O–H groups in total.